The summed E-state index contributed by atoms with van der Waals surface area (Å²) in [5.74, 6) is 2.66. The quantitative estimate of drug-likeness (QED) is 0.0416. The molecule has 0 unspecified atom stereocenters. The van der Waals surface area contributed by atoms with E-state index in [2.05, 4.69) is 122 Å². The lowest BCUT2D eigenvalue weighted by molar-refractivity contribution is -0.697. The number of aromatic nitrogens is 1. The van der Waals surface area contributed by atoms with Crippen molar-refractivity contribution in [3.63, 3.8) is 0 Å². The normalized spacial score (nSPS) is 11.1. The number of nitrogens with zero attached hydrogens (tertiary/aromatic N) is 1. The monoisotopic (exact) mass is 694 g/mol. The second-order valence-electron chi connectivity index (χ2n) is 14.2. The lowest BCUT2D eigenvalue weighted by Crippen LogP contribution is -2.66. The van der Waals surface area contributed by atoms with Crippen LogP contribution in [0, 0.1) is 0 Å². The van der Waals surface area contributed by atoms with Crippen molar-refractivity contribution in [2.24, 2.45) is 0 Å². The van der Waals surface area contributed by atoms with Gasteiger partial charge < -0.3 is 14.2 Å². The van der Waals surface area contributed by atoms with E-state index in [1.165, 1.54) is 126 Å². The Morgan fingerprint density at radius 3 is 1.10 bits per heavy atom. The van der Waals surface area contributed by atoms with Gasteiger partial charge in [0.05, 0.1) is 27.5 Å². The van der Waals surface area contributed by atoms with Crippen molar-refractivity contribution in [3.8, 4) is 17.2 Å². The van der Waals surface area contributed by atoms with Crippen LogP contribution in [0.1, 0.15) is 117 Å². The number of benzene rings is 3. The predicted molar refractivity (Wildman–Crippen MR) is 220 cm³/mol. The summed E-state index contributed by atoms with van der Waals surface area (Å²) in [6.45, 7) is 5.72. The lowest BCUT2D eigenvalue weighted by atomic mass is 9.14. The molecular weight excluding hydrogens is 625 g/mol. The van der Waals surface area contributed by atoms with Crippen LogP contribution in [0.15, 0.2) is 103 Å². The van der Waals surface area contributed by atoms with Gasteiger partial charge >= 0.3 is 0 Å². The summed E-state index contributed by atoms with van der Waals surface area (Å²) in [7, 11) is 5.18. The molecule has 5 heteroatoms. The van der Waals surface area contributed by atoms with Gasteiger partial charge in [0.15, 0.2) is 12.4 Å². The highest BCUT2D eigenvalue weighted by Crippen LogP contribution is 2.22. The molecule has 0 fully saturated rings. The minimum atomic E-state index is -1.18. The average Bonchev–Trinajstić information content (AvgIpc) is 3.19. The van der Waals surface area contributed by atoms with Crippen LogP contribution < -0.4 is 35.2 Å². The molecule has 0 spiro atoms. The third-order valence-electron chi connectivity index (χ3n) is 10.6. The SMILES string of the molecule is CCCCCCCCCCCC[B-](c1ccc(OC)cc1)(c1ccc(OC)cc1)c1ccc(OC)cc1.CCCCCCCC[n+]1ccccc1. The van der Waals surface area contributed by atoms with Crippen LogP contribution in [0.3, 0.4) is 0 Å². The fourth-order valence-electron chi connectivity index (χ4n) is 7.47. The minimum absolute atomic E-state index is 0.886. The number of methoxy groups -OCH3 is 3. The Kier molecular flexibility index (Phi) is 20.7. The Morgan fingerprint density at radius 2 is 0.745 bits per heavy atom. The van der Waals surface area contributed by atoms with Crippen LogP contribution in [0.25, 0.3) is 0 Å². The van der Waals surface area contributed by atoms with Gasteiger partial charge in [-0.15, -0.1) is 0 Å². The van der Waals surface area contributed by atoms with Gasteiger partial charge in [0, 0.05) is 18.6 Å². The molecule has 0 N–H and O–H groups in total. The summed E-state index contributed by atoms with van der Waals surface area (Å²) < 4.78 is 18.7. The fourth-order valence-corrected chi connectivity index (χ4v) is 7.47. The van der Waals surface area contributed by atoms with Gasteiger partial charge in [-0.2, -0.15) is 22.7 Å². The fraction of sp³-hybridized carbons (Fsp3) is 0.500. The van der Waals surface area contributed by atoms with E-state index >= 15 is 0 Å². The topological polar surface area (TPSA) is 31.6 Å². The Morgan fingerprint density at radius 1 is 0.412 bits per heavy atom. The number of unbranched alkanes of at least 4 members (excludes halogenated alkanes) is 14. The maximum absolute atomic E-state index is 5.49. The van der Waals surface area contributed by atoms with Crippen LogP contribution in [0.2, 0.25) is 6.32 Å². The zero-order valence-electron chi connectivity index (χ0n) is 32.8. The van der Waals surface area contributed by atoms with Gasteiger partial charge in [0.2, 0.25) is 0 Å². The van der Waals surface area contributed by atoms with Gasteiger partial charge in [-0.1, -0.05) is 146 Å². The molecule has 4 aromatic rings. The molecule has 0 amide bonds. The first-order valence-corrected chi connectivity index (χ1v) is 20.2. The van der Waals surface area contributed by atoms with Gasteiger partial charge in [0.25, 0.3) is 0 Å². The number of rotatable bonds is 24. The lowest BCUT2D eigenvalue weighted by Gasteiger charge is -2.43. The van der Waals surface area contributed by atoms with E-state index in [1.54, 1.807) is 21.3 Å². The number of aryl methyl sites for hydroxylation is 1. The number of pyridine rings is 1. The molecule has 3 aromatic carbocycles. The molecule has 0 saturated carbocycles. The first kappa shape index (κ1) is 41.7. The molecule has 0 atom stereocenters. The van der Waals surface area contributed by atoms with Crippen molar-refractivity contribution < 1.29 is 18.8 Å². The summed E-state index contributed by atoms with van der Waals surface area (Å²) in [4.78, 5) is 0. The number of hydrogen-bond acceptors (Lipinski definition) is 3. The van der Waals surface area contributed by atoms with Crippen molar-refractivity contribution in [2.45, 2.75) is 129 Å². The summed E-state index contributed by atoms with van der Waals surface area (Å²) >= 11 is 0. The van der Waals surface area contributed by atoms with E-state index in [0.717, 1.165) is 23.6 Å². The highest BCUT2D eigenvalue weighted by molar-refractivity contribution is 7.11. The molecule has 4 rings (SSSR count). The molecule has 1 heterocycles. The van der Waals surface area contributed by atoms with E-state index in [-0.39, 0.29) is 0 Å². The van der Waals surface area contributed by atoms with Crippen molar-refractivity contribution in [1.29, 1.82) is 0 Å². The molecule has 0 radical (unpaired) electrons. The molecule has 51 heavy (non-hydrogen) atoms. The summed E-state index contributed by atoms with van der Waals surface area (Å²) in [6.07, 6.45) is 25.8. The molecule has 1 aromatic heterocycles. The van der Waals surface area contributed by atoms with Crippen molar-refractivity contribution in [1.82, 2.24) is 0 Å². The standard InChI is InChI=1S/C33H46BO3.C13H22N/c1-5-6-7-8-9-10-11-12-13-14-27-34(28-15-21-31(35-2)22-16-28,29-17-23-32(36-3)24-18-29)30-19-25-33(37-4)26-20-30;1-2-3-4-5-6-8-11-14-12-9-7-10-13-14/h15-26H,5-14,27H2,1-4H3;7,9-10,12-13H,2-6,8,11H2,1H3/q-1;+1. The van der Waals surface area contributed by atoms with Crippen LogP contribution in [0.4, 0.5) is 0 Å². The maximum atomic E-state index is 5.49. The molecule has 278 valence electrons. The summed E-state index contributed by atoms with van der Waals surface area (Å²) in [6, 6.07) is 32.3. The Labute approximate surface area is 311 Å². The van der Waals surface area contributed by atoms with E-state index in [1.807, 2.05) is 0 Å². The Balaban J connectivity index is 0.000000419. The first-order chi connectivity index (χ1) is 25.1. The van der Waals surface area contributed by atoms with E-state index in [4.69, 9.17) is 14.2 Å². The summed E-state index contributed by atoms with van der Waals surface area (Å²) in [5, 5.41) is 0. The van der Waals surface area contributed by atoms with Crippen LogP contribution in [-0.4, -0.2) is 27.5 Å². The first-order valence-electron chi connectivity index (χ1n) is 20.2. The molecule has 0 bridgehead atoms. The van der Waals surface area contributed by atoms with Gasteiger partial charge in [0.1, 0.15) is 23.8 Å². The summed E-state index contributed by atoms with van der Waals surface area (Å²) in [5.41, 5.74) is 4.02. The minimum Gasteiger partial charge on any atom is -0.497 e. The molecule has 4 nitrogen and oxygen atoms in total. The largest absolute Gasteiger partial charge is 0.497 e. The zero-order chi connectivity index (χ0) is 36.4. The van der Waals surface area contributed by atoms with E-state index in [9.17, 15) is 0 Å². The van der Waals surface area contributed by atoms with Crippen molar-refractivity contribution >= 4 is 22.5 Å². The highest BCUT2D eigenvalue weighted by Gasteiger charge is 2.29. The molecule has 0 aliphatic heterocycles. The molecule has 0 aliphatic carbocycles. The smallest absolute Gasteiger partial charge is 0.168 e. The Hall–Kier alpha value is -3.73. The maximum Gasteiger partial charge on any atom is 0.168 e. The van der Waals surface area contributed by atoms with Crippen LogP contribution in [0.5, 0.6) is 17.2 Å². The van der Waals surface area contributed by atoms with E-state index < -0.39 is 6.15 Å². The number of hydrogen-bond donors (Lipinski definition) is 0. The Bertz CT molecular complexity index is 1290. The van der Waals surface area contributed by atoms with E-state index in [0.29, 0.717) is 0 Å². The van der Waals surface area contributed by atoms with Crippen molar-refractivity contribution in [3.05, 3.63) is 103 Å². The van der Waals surface area contributed by atoms with Gasteiger partial charge in [-0.3, -0.25) is 0 Å². The second-order valence-corrected chi connectivity index (χ2v) is 14.2. The van der Waals surface area contributed by atoms with Gasteiger partial charge in [-0.05, 0) is 42.8 Å². The molecule has 0 aliphatic rings. The van der Waals surface area contributed by atoms with Crippen molar-refractivity contribution in [2.75, 3.05) is 21.3 Å². The van der Waals surface area contributed by atoms with Gasteiger partial charge in [-0.25, -0.2) is 4.57 Å². The third-order valence-corrected chi connectivity index (χ3v) is 10.6. The average molecular weight is 694 g/mol. The molecule has 0 saturated heterocycles. The second kappa shape index (κ2) is 25.3. The van der Waals surface area contributed by atoms with Crippen LogP contribution >= 0.6 is 0 Å². The third kappa shape index (κ3) is 14.4. The molecular formula is C46H68BNO3. The van der Waals surface area contributed by atoms with Crippen LogP contribution in [-0.2, 0) is 6.54 Å². The highest BCUT2D eigenvalue weighted by atomic mass is 16.5. The number of ether oxygens (including phenoxy) is 3. The predicted octanol–water partition coefficient (Wildman–Crippen LogP) is 10.4. The zero-order valence-corrected chi connectivity index (χ0v) is 32.8.